The third-order valence-electron chi connectivity index (χ3n) is 2.69. The van der Waals surface area contributed by atoms with E-state index in [1.165, 1.54) is 0 Å². The molecular weight excluding hydrogens is 296 g/mol. The Balaban J connectivity index is 2.04. The molecule has 0 aliphatic carbocycles. The van der Waals surface area contributed by atoms with Crippen LogP contribution in [0, 0.1) is 0 Å². The lowest BCUT2D eigenvalue weighted by atomic mass is 10.3. The lowest BCUT2D eigenvalue weighted by Crippen LogP contribution is -2.38. The zero-order valence-electron chi connectivity index (χ0n) is 11.1. The molecule has 2 aromatic rings. The van der Waals surface area contributed by atoms with Crippen molar-refractivity contribution in [1.29, 1.82) is 0 Å². The minimum absolute atomic E-state index is 0.161. The third kappa shape index (κ3) is 4.81. The molecule has 2 aromatic heterocycles. The first-order valence-electron chi connectivity index (χ1n) is 6.22. The maximum atomic E-state index is 10.6. The molecule has 2 rings (SSSR count). The van der Waals surface area contributed by atoms with Gasteiger partial charge in [0.15, 0.2) is 18.6 Å². The Kier molecular flexibility index (Phi) is 4.89. The minimum atomic E-state index is -3.94. The van der Waals surface area contributed by atoms with Gasteiger partial charge in [0.25, 0.3) is 10.1 Å². The summed E-state index contributed by atoms with van der Waals surface area (Å²) in [5.41, 5.74) is 1.21. The summed E-state index contributed by atoms with van der Waals surface area (Å²) >= 11 is 0. The van der Waals surface area contributed by atoms with E-state index in [1.54, 1.807) is 35.4 Å². The van der Waals surface area contributed by atoms with E-state index in [0.29, 0.717) is 23.6 Å². The molecule has 0 spiro atoms. The molecule has 0 atom stereocenters. The van der Waals surface area contributed by atoms with Gasteiger partial charge >= 0.3 is 0 Å². The van der Waals surface area contributed by atoms with Crippen molar-refractivity contribution in [2.24, 2.45) is 0 Å². The van der Waals surface area contributed by atoms with E-state index in [1.807, 2.05) is 0 Å². The number of aromatic nitrogens is 4. The molecule has 0 aliphatic rings. The lowest BCUT2D eigenvalue weighted by molar-refractivity contribution is -0.753. The summed E-state index contributed by atoms with van der Waals surface area (Å²) in [5, 5.41) is 13.2. The van der Waals surface area contributed by atoms with Crippen molar-refractivity contribution < 1.29 is 22.8 Å². The van der Waals surface area contributed by atoms with Gasteiger partial charge in [0.1, 0.15) is 6.20 Å². The monoisotopic (exact) mass is 311 g/mol. The van der Waals surface area contributed by atoms with Crippen LogP contribution in [0.5, 0.6) is 0 Å². The summed E-state index contributed by atoms with van der Waals surface area (Å²) in [5.74, 6) is 0.157. The summed E-state index contributed by atoms with van der Waals surface area (Å²) in [7, 11) is -3.94. The quantitative estimate of drug-likeness (QED) is 0.550. The molecule has 21 heavy (non-hydrogen) atoms. The van der Waals surface area contributed by atoms with Crippen LogP contribution in [0.4, 0.5) is 0 Å². The number of hydrogen-bond acceptors (Lipinski definition) is 6. The second-order valence-corrected chi connectivity index (χ2v) is 5.92. The zero-order valence-corrected chi connectivity index (χ0v) is 11.9. The number of aryl methyl sites for hydroxylation is 1. The number of nitrogens with zero attached hydrogens (tertiary/aromatic N) is 4. The van der Waals surface area contributed by atoms with Crippen LogP contribution in [-0.2, 0) is 23.3 Å². The molecule has 2 N–H and O–H groups in total. The standard InChI is InChI=1S/C12H14N4O4S/c17-9-11-2-4-13-12(15-11)10-3-6-16(14-8-10)5-1-7-21(18,19)20/h2-4,6,8,17H,1,5,7,9H2/p+1. The zero-order chi connectivity index (χ0) is 15.3. The molecular formula is C12H15N4O4S+. The van der Waals surface area contributed by atoms with Gasteiger partial charge in [-0.05, 0) is 11.2 Å². The second kappa shape index (κ2) is 6.66. The van der Waals surface area contributed by atoms with Crippen LogP contribution in [0.1, 0.15) is 12.1 Å². The fraction of sp³-hybridized carbons (Fsp3) is 0.333. The average Bonchev–Trinajstić information content (AvgIpc) is 2.47. The largest absolute Gasteiger partial charge is 0.390 e. The highest BCUT2D eigenvalue weighted by Crippen LogP contribution is 2.11. The van der Waals surface area contributed by atoms with E-state index >= 15 is 0 Å². The molecule has 8 nitrogen and oxygen atoms in total. The number of aliphatic hydroxyl groups excluding tert-OH is 1. The van der Waals surface area contributed by atoms with Crippen molar-refractivity contribution in [3.63, 3.8) is 0 Å². The first-order chi connectivity index (χ1) is 9.98. The Morgan fingerprint density at radius 1 is 1.29 bits per heavy atom. The Hall–Kier alpha value is -1.97. The van der Waals surface area contributed by atoms with Crippen LogP contribution < -0.4 is 4.68 Å². The first-order valence-corrected chi connectivity index (χ1v) is 7.83. The fourth-order valence-electron chi connectivity index (χ4n) is 1.68. The summed E-state index contributed by atoms with van der Waals surface area (Å²) in [4.78, 5) is 8.26. The molecule has 2 heterocycles. The Labute approximate surface area is 121 Å². The predicted octanol–water partition coefficient (Wildman–Crippen LogP) is -0.404. The second-order valence-electron chi connectivity index (χ2n) is 4.35. The third-order valence-corrected chi connectivity index (χ3v) is 3.50. The average molecular weight is 311 g/mol. The molecule has 0 fully saturated rings. The summed E-state index contributed by atoms with van der Waals surface area (Å²) in [6.07, 6.45) is 5.06. The minimum Gasteiger partial charge on any atom is -0.390 e. The molecule has 112 valence electrons. The van der Waals surface area contributed by atoms with E-state index < -0.39 is 10.1 Å². The van der Waals surface area contributed by atoms with Gasteiger partial charge in [-0.25, -0.2) is 9.97 Å². The topological polar surface area (TPSA) is 117 Å². The van der Waals surface area contributed by atoms with Gasteiger partial charge < -0.3 is 5.11 Å². The highest BCUT2D eigenvalue weighted by molar-refractivity contribution is 7.85. The van der Waals surface area contributed by atoms with Crippen molar-refractivity contribution in [2.75, 3.05) is 5.75 Å². The van der Waals surface area contributed by atoms with Gasteiger partial charge in [-0.3, -0.25) is 4.55 Å². The van der Waals surface area contributed by atoms with Crippen LogP contribution in [-0.4, -0.2) is 38.9 Å². The molecule has 0 saturated carbocycles. The number of hydrogen-bond donors (Lipinski definition) is 2. The molecule has 0 unspecified atom stereocenters. The van der Waals surface area contributed by atoms with E-state index in [9.17, 15) is 8.42 Å². The molecule has 0 aliphatic heterocycles. The van der Waals surface area contributed by atoms with Gasteiger partial charge in [-0.1, -0.05) is 4.68 Å². The van der Waals surface area contributed by atoms with Gasteiger partial charge in [-0.15, -0.1) is 0 Å². The highest BCUT2D eigenvalue weighted by Gasteiger charge is 2.10. The van der Waals surface area contributed by atoms with Crippen molar-refractivity contribution in [3.8, 4) is 11.4 Å². The van der Waals surface area contributed by atoms with E-state index in [-0.39, 0.29) is 18.8 Å². The van der Waals surface area contributed by atoms with Crippen LogP contribution >= 0.6 is 0 Å². The van der Waals surface area contributed by atoms with Gasteiger partial charge in [0.05, 0.1) is 18.1 Å². The Morgan fingerprint density at radius 2 is 2.10 bits per heavy atom. The van der Waals surface area contributed by atoms with Gasteiger partial charge in [0.2, 0.25) is 0 Å². The molecule has 9 heteroatoms. The molecule has 0 amide bonds. The fourth-order valence-corrected chi connectivity index (χ4v) is 2.17. The molecule has 0 aromatic carbocycles. The van der Waals surface area contributed by atoms with Crippen molar-refractivity contribution >= 4 is 10.1 Å². The number of rotatable bonds is 6. The lowest BCUT2D eigenvalue weighted by Gasteiger charge is -2.00. The summed E-state index contributed by atoms with van der Waals surface area (Å²) in [6.45, 7) is 0.211. The molecule has 0 bridgehead atoms. The van der Waals surface area contributed by atoms with Crippen LogP contribution in [0.15, 0.2) is 30.7 Å². The molecule has 0 radical (unpaired) electrons. The van der Waals surface area contributed by atoms with Gasteiger partial charge in [0, 0.05) is 24.2 Å². The van der Waals surface area contributed by atoms with Crippen molar-refractivity contribution in [1.82, 2.24) is 15.1 Å². The highest BCUT2D eigenvalue weighted by atomic mass is 32.2. The summed E-state index contributed by atoms with van der Waals surface area (Å²) in [6, 6.07) is 3.37. The van der Waals surface area contributed by atoms with Crippen molar-refractivity contribution in [2.45, 2.75) is 19.6 Å². The Bertz CT molecular complexity index is 703. The maximum absolute atomic E-state index is 10.6. The SMILES string of the molecule is O=S(=O)(O)CCC[n+]1ccc(-c2nccc(CO)n2)cn1. The van der Waals surface area contributed by atoms with E-state index in [4.69, 9.17) is 9.66 Å². The smallest absolute Gasteiger partial charge is 0.265 e. The van der Waals surface area contributed by atoms with Crippen molar-refractivity contribution in [3.05, 3.63) is 36.4 Å². The van der Waals surface area contributed by atoms with E-state index in [2.05, 4.69) is 15.1 Å². The first kappa shape index (κ1) is 15.4. The maximum Gasteiger partial charge on any atom is 0.265 e. The van der Waals surface area contributed by atoms with Crippen LogP contribution in [0.25, 0.3) is 11.4 Å². The normalized spacial score (nSPS) is 11.5. The predicted molar refractivity (Wildman–Crippen MR) is 72.4 cm³/mol. The Morgan fingerprint density at radius 3 is 2.71 bits per heavy atom. The van der Waals surface area contributed by atoms with E-state index in [0.717, 1.165) is 0 Å². The van der Waals surface area contributed by atoms with Crippen LogP contribution in [0.2, 0.25) is 0 Å². The van der Waals surface area contributed by atoms with Crippen LogP contribution in [0.3, 0.4) is 0 Å². The number of aliphatic hydroxyl groups is 1. The van der Waals surface area contributed by atoms with Gasteiger partial charge in [-0.2, -0.15) is 8.42 Å². The summed E-state index contributed by atoms with van der Waals surface area (Å²) < 4.78 is 31.4. The molecule has 0 saturated heterocycles.